The zero-order valence-corrected chi connectivity index (χ0v) is 12.6. The van der Waals surface area contributed by atoms with Crippen molar-refractivity contribution >= 4 is 17.5 Å². The Morgan fingerprint density at radius 2 is 2.04 bits per heavy atom. The van der Waals surface area contributed by atoms with Gasteiger partial charge in [0.05, 0.1) is 11.4 Å². The fraction of sp³-hybridized carbons (Fsp3) is 0.235. The molecule has 2 aromatic rings. The number of hydrogen-bond acceptors (Lipinski definition) is 3. The van der Waals surface area contributed by atoms with Crippen LogP contribution in [0.2, 0.25) is 0 Å². The summed E-state index contributed by atoms with van der Waals surface area (Å²) in [7, 11) is 0. The Morgan fingerprint density at radius 1 is 1.22 bits per heavy atom. The second-order valence-corrected chi connectivity index (χ2v) is 5.50. The number of benzene rings is 1. The fourth-order valence-corrected chi connectivity index (χ4v) is 2.64. The highest BCUT2D eigenvalue weighted by Crippen LogP contribution is 2.23. The summed E-state index contributed by atoms with van der Waals surface area (Å²) in [5, 5.41) is 7.11. The Morgan fingerprint density at radius 3 is 2.74 bits per heavy atom. The molecule has 1 aromatic carbocycles. The van der Waals surface area contributed by atoms with Crippen LogP contribution in [0.4, 0.5) is 5.69 Å². The van der Waals surface area contributed by atoms with Crippen LogP contribution in [0.5, 0.6) is 0 Å². The molecule has 23 heavy (non-hydrogen) atoms. The van der Waals surface area contributed by atoms with Crippen LogP contribution in [0.3, 0.4) is 0 Å². The summed E-state index contributed by atoms with van der Waals surface area (Å²) in [5.74, 6) is -0.588. The van der Waals surface area contributed by atoms with E-state index in [4.69, 9.17) is 5.73 Å². The molecule has 6 heteroatoms. The molecule has 6 nitrogen and oxygen atoms in total. The Hall–Kier alpha value is -2.89. The van der Waals surface area contributed by atoms with E-state index in [2.05, 4.69) is 16.5 Å². The standard InChI is InChI=1S/C17H18N4O2/c18-16(22)14-10-11-21(20-14)15-9-5-4-8-13(15)19-17(23)12-6-2-1-3-7-12/h1-2,4-5,8-12H,3,6-7H2,(H2,18,22)(H,19,23). The highest BCUT2D eigenvalue weighted by molar-refractivity contribution is 5.94. The Balaban J connectivity index is 1.84. The van der Waals surface area contributed by atoms with Gasteiger partial charge in [0.15, 0.2) is 0 Å². The maximum Gasteiger partial charge on any atom is 0.269 e. The van der Waals surface area contributed by atoms with Crippen molar-refractivity contribution in [3.63, 3.8) is 0 Å². The number of carbonyl (C=O) groups excluding carboxylic acids is 2. The minimum atomic E-state index is -0.584. The second-order valence-electron chi connectivity index (χ2n) is 5.50. The summed E-state index contributed by atoms with van der Waals surface area (Å²) >= 11 is 0. The molecule has 0 bridgehead atoms. The van der Waals surface area contributed by atoms with Crippen LogP contribution in [-0.2, 0) is 4.79 Å². The van der Waals surface area contributed by atoms with Gasteiger partial charge in [-0.25, -0.2) is 4.68 Å². The van der Waals surface area contributed by atoms with Gasteiger partial charge in [0.2, 0.25) is 5.91 Å². The van der Waals surface area contributed by atoms with Gasteiger partial charge >= 0.3 is 0 Å². The third kappa shape index (κ3) is 3.31. The first kappa shape index (κ1) is 15.0. The lowest BCUT2D eigenvalue weighted by molar-refractivity contribution is -0.120. The lowest BCUT2D eigenvalue weighted by Crippen LogP contribution is -2.24. The van der Waals surface area contributed by atoms with E-state index >= 15 is 0 Å². The molecule has 0 aliphatic heterocycles. The van der Waals surface area contributed by atoms with Crippen LogP contribution in [0.15, 0.2) is 48.7 Å². The van der Waals surface area contributed by atoms with E-state index in [1.807, 2.05) is 30.3 Å². The summed E-state index contributed by atoms with van der Waals surface area (Å²) < 4.78 is 1.54. The van der Waals surface area contributed by atoms with E-state index in [1.54, 1.807) is 12.3 Å². The molecule has 3 rings (SSSR count). The number of aromatic nitrogens is 2. The van der Waals surface area contributed by atoms with Crippen LogP contribution >= 0.6 is 0 Å². The molecule has 1 atom stereocenters. The number of nitrogens with two attached hydrogens (primary N) is 1. The van der Waals surface area contributed by atoms with Crippen LogP contribution in [0.1, 0.15) is 29.8 Å². The van der Waals surface area contributed by atoms with Gasteiger partial charge in [0.1, 0.15) is 5.69 Å². The molecule has 1 unspecified atom stereocenters. The number of anilines is 1. The van der Waals surface area contributed by atoms with Crippen molar-refractivity contribution in [2.75, 3.05) is 5.32 Å². The molecule has 118 valence electrons. The summed E-state index contributed by atoms with van der Waals surface area (Å²) in [6.45, 7) is 0. The molecule has 2 amide bonds. The van der Waals surface area contributed by atoms with Crippen molar-refractivity contribution in [1.29, 1.82) is 0 Å². The van der Waals surface area contributed by atoms with Crippen LogP contribution < -0.4 is 11.1 Å². The quantitative estimate of drug-likeness (QED) is 0.849. The van der Waals surface area contributed by atoms with Gasteiger partial charge in [0.25, 0.3) is 5.91 Å². The summed E-state index contributed by atoms with van der Waals surface area (Å²) in [6.07, 6.45) is 8.36. The van der Waals surface area contributed by atoms with Gasteiger partial charge in [-0.2, -0.15) is 5.10 Å². The van der Waals surface area contributed by atoms with Crippen molar-refractivity contribution in [3.05, 3.63) is 54.4 Å². The van der Waals surface area contributed by atoms with Crippen LogP contribution in [0.25, 0.3) is 5.69 Å². The third-order valence-corrected chi connectivity index (χ3v) is 3.89. The van der Waals surface area contributed by atoms with Crippen molar-refractivity contribution in [2.45, 2.75) is 19.3 Å². The fourth-order valence-electron chi connectivity index (χ4n) is 2.64. The number of allylic oxidation sites excluding steroid dienone is 2. The maximum atomic E-state index is 12.4. The van der Waals surface area contributed by atoms with Gasteiger partial charge in [-0.15, -0.1) is 0 Å². The smallest absolute Gasteiger partial charge is 0.269 e. The van der Waals surface area contributed by atoms with E-state index in [-0.39, 0.29) is 17.5 Å². The molecular formula is C17H18N4O2. The van der Waals surface area contributed by atoms with Gasteiger partial charge in [-0.3, -0.25) is 9.59 Å². The summed E-state index contributed by atoms with van der Waals surface area (Å²) in [6, 6.07) is 8.89. The van der Waals surface area contributed by atoms with Crippen molar-refractivity contribution in [2.24, 2.45) is 11.7 Å². The Bertz CT molecular complexity index is 763. The number of carbonyl (C=O) groups is 2. The van der Waals surface area contributed by atoms with Crippen molar-refractivity contribution < 1.29 is 9.59 Å². The lowest BCUT2D eigenvalue weighted by Gasteiger charge is -2.18. The normalized spacial score (nSPS) is 17.0. The first-order chi connectivity index (χ1) is 11.1. The average Bonchev–Trinajstić information content (AvgIpc) is 3.06. The molecule has 0 saturated carbocycles. The molecule has 1 aliphatic rings. The summed E-state index contributed by atoms with van der Waals surface area (Å²) in [4.78, 5) is 23.6. The molecule has 3 N–H and O–H groups in total. The number of nitrogens with zero attached hydrogens (tertiary/aromatic N) is 2. The zero-order valence-electron chi connectivity index (χ0n) is 12.6. The zero-order chi connectivity index (χ0) is 16.2. The van der Waals surface area contributed by atoms with Crippen molar-refractivity contribution in [3.8, 4) is 5.69 Å². The van der Waals surface area contributed by atoms with E-state index in [9.17, 15) is 9.59 Å². The Kier molecular flexibility index (Phi) is 4.23. The number of amides is 2. The molecule has 1 aromatic heterocycles. The second kappa shape index (κ2) is 6.48. The van der Waals surface area contributed by atoms with E-state index in [0.29, 0.717) is 11.4 Å². The van der Waals surface area contributed by atoms with Crippen LogP contribution in [-0.4, -0.2) is 21.6 Å². The predicted molar refractivity (Wildman–Crippen MR) is 87.2 cm³/mol. The third-order valence-electron chi connectivity index (χ3n) is 3.89. The SMILES string of the molecule is NC(=O)c1ccn(-c2ccccc2NC(=O)C2CC=CCC2)n1. The number of primary amides is 1. The molecular weight excluding hydrogens is 292 g/mol. The molecule has 0 spiro atoms. The molecule has 0 saturated heterocycles. The predicted octanol–water partition coefficient (Wildman–Crippen LogP) is 2.27. The lowest BCUT2D eigenvalue weighted by atomic mass is 9.93. The number of para-hydroxylation sites is 2. The van der Waals surface area contributed by atoms with Gasteiger partial charge in [0, 0.05) is 12.1 Å². The molecule has 0 radical (unpaired) electrons. The first-order valence-corrected chi connectivity index (χ1v) is 7.56. The van der Waals surface area contributed by atoms with Gasteiger partial charge < -0.3 is 11.1 Å². The minimum Gasteiger partial charge on any atom is -0.364 e. The largest absolute Gasteiger partial charge is 0.364 e. The number of nitrogens with one attached hydrogen (secondary N) is 1. The monoisotopic (exact) mass is 310 g/mol. The Labute approximate surface area is 134 Å². The molecule has 1 aliphatic carbocycles. The van der Waals surface area contributed by atoms with Crippen molar-refractivity contribution in [1.82, 2.24) is 9.78 Å². The highest BCUT2D eigenvalue weighted by atomic mass is 16.2. The highest BCUT2D eigenvalue weighted by Gasteiger charge is 2.20. The van der Waals surface area contributed by atoms with E-state index in [1.165, 1.54) is 4.68 Å². The van der Waals surface area contributed by atoms with Gasteiger partial charge in [-0.1, -0.05) is 24.3 Å². The molecule has 1 heterocycles. The molecule has 0 fully saturated rings. The topological polar surface area (TPSA) is 90.0 Å². The van der Waals surface area contributed by atoms with E-state index in [0.717, 1.165) is 19.3 Å². The maximum absolute atomic E-state index is 12.4. The summed E-state index contributed by atoms with van der Waals surface area (Å²) in [5.41, 5.74) is 6.77. The minimum absolute atomic E-state index is 0.00378. The first-order valence-electron chi connectivity index (χ1n) is 7.56. The average molecular weight is 310 g/mol. The van der Waals surface area contributed by atoms with Gasteiger partial charge in [-0.05, 0) is 37.5 Å². The van der Waals surface area contributed by atoms with Crippen LogP contribution in [0, 0.1) is 5.92 Å². The van der Waals surface area contributed by atoms with E-state index < -0.39 is 5.91 Å². The number of rotatable bonds is 4. The number of hydrogen-bond donors (Lipinski definition) is 2.